The minimum Gasteiger partial charge on any atom is -0.378 e. The molecule has 0 spiro atoms. The van der Waals surface area contributed by atoms with E-state index in [4.69, 9.17) is 9.47 Å². The Hall–Kier alpha value is -4.48. The molecular formula is C28H25F4N5O5. The number of anilines is 1. The summed E-state index contributed by atoms with van der Waals surface area (Å²) in [7, 11) is 1.33. The van der Waals surface area contributed by atoms with Crippen molar-refractivity contribution < 1.29 is 36.6 Å². The second-order valence-electron chi connectivity index (χ2n) is 9.90. The molecule has 2 aromatic carbocycles. The van der Waals surface area contributed by atoms with Gasteiger partial charge in [-0.05, 0) is 18.2 Å². The van der Waals surface area contributed by atoms with Crippen LogP contribution >= 0.6 is 0 Å². The summed E-state index contributed by atoms with van der Waals surface area (Å²) in [6.07, 6.45) is -5.73. The molecule has 0 aliphatic carbocycles. The van der Waals surface area contributed by atoms with Crippen molar-refractivity contribution in [2.45, 2.75) is 18.3 Å². The van der Waals surface area contributed by atoms with Crippen LogP contribution in [0.3, 0.4) is 0 Å². The van der Waals surface area contributed by atoms with Crippen molar-refractivity contribution in [1.82, 2.24) is 15.2 Å². The summed E-state index contributed by atoms with van der Waals surface area (Å²) in [5, 5.41) is 12.3. The lowest BCUT2D eigenvalue weighted by Gasteiger charge is -2.31. The van der Waals surface area contributed by atoms with Gasteiger partial charge in [-0.3, -0.25) is 14.4 Å². The van der Waals surface area contributed by atoms with Gasteiger partial charge in [0.1, 0.15) is 5.82 Å². The number of amides is 2. The number of rotatable bonds is 5. The van der Waals surface area contributed by atoms with Crippen LogP contribution in [-0.2, 0) is 15.7 Å². The summed E-state index contributed by atoms with van der Waals surface area (Å²) < 4.78 is 68.2. The predicted molar refractivity (Wildman–Crippen MR) is 142 cm³/mol. The van der Waals surface area contributed by atoms with Gasteiger partial charge in [0.2, 0.25) is 5.56 Å². The van der Waals surface area contributed by atoms with E-state index in [2.05, 4.69) is 10.3 Å². The molecule has 2 fully saturated rings. The molecule has 42 heavy (non-hydrogen) atoms. The van der Waals surface area contributed by atoms with Crippen molar-refractivity contribution in [3.63, 3.8) is 0 Å². The highest BCUT2D eigenvalue weighted by Crippen LogP contribution is 2.41. The molecule has 5 rings (SSSR count). The fraction of sp³-hybridized carbons (Fsp3) is 0.357. The zero-order chi connectivity index (χ0) is 30.2. The van der Waals surface area contributed by atoms with E-state index in [1.807, 2.05) is 0 Å². The van der Waals surface area contributed by atoms with E-state index >= 15 is 0 Å². The summed E-state index contributed by atoms with van der Waals surface area (Å²) in [6, 6.07) is 7.60. The predicted octanol–water partition coefficient (Wildman–Crippen LogP) is 2.66. The van der Waals surface area contributed by atoms with Crippen LogP contribution in [0.15, 0.2) is 41.2 Å². The average Bonchev–Trinajstić information content (AvgIpc) is 3.38. The summed E-state index contributed by atoms with van der Waals surface area (Å²) in [5.74, 6) is -2.18. The lowest BCUT2D eigenvalue weighted by Crippen LogP contribution is -2.44. The molecule has 1 aromatic heterocycles. The molecule has 2 N–H and O–H groups in total. The van der Waals surface area contributed by atoms with Gasteiger partial charge in [0.15, 0.2) is 0 Å². The molecule has 10 nitrogen and oxygen atoms in total. The number of benzene rings is 2. The Balaban J connectivity index is 1.52. The molecule has 2 aliphatic heterocycles. The molecule has 0 saturated carbocycles. The van der Waals surface area contributed by atoms with Crippen molar-refractivity contribution in [3.05, 3.63) is 74.8 Å². The van der Waals surface area contributed by atoms with Gasteiger partial charge in [-0.1, -0.05) is 12.1 Å². The van der Waals surface area contributed by atoms with Crippen LogP contribution in [0.1, 0.15) is 31.8 Å². The quantitative estimate of drug-likeness (QED) is 0.440. The normalized spacial score (nSPS) is 19.1. The summed E-state index contributed by atoms with van der Waals surface area (Å²) in [6.45, 7) is 0.439. The highest BCUT2D eigenvalue weighted by molar-refractivity contribution is 6.06. The van der Waals surface area contributed by atoms with Gasteiger partial charge in [0, 0.05) is 44.7 Å². The molecule has 0 bridgehead atoms. The maximum absolute atomic E-state index is 14.4. The second-order valence-corrected chi connectivity index (χ2v) is 9.90. The van der Waals surface area contributed by atoms with Gasteiger partial charge in [-0.15, -0.1) is 0 Å². The van der Waals surface area contributed by atoms with E-state index in [-0.39, 0.29) is 67.0 Å². The first-order valence-electron chi connectivity index (χ1n) is 12.9. The molecular weight excluding hydrogens is 562 g/mol. The number of H-pyrrole nitrogens is 1. The molecule has 2 atom stereocenters. The molecule has 220 valence electrons. The largest absolute Gasteiger partial charge is 0.418 e. The third-order valence-corrected chi connectivity index (χ3v) is 7.35. The van der Waals surface area contributed by atoms with Crippen LogP contribution in [-0.4, -0.2) is 80.3 Å². The Morgan fingerprint density at radius 2 is 1.88 bits per heavy atom. The fourth-order valence-corrected chi connectivity index (χ4v) is 5.37. The number of methoxy groups -OCH3 is 1. The highest BCUT2D eigenvalue weighted by atomic mass is 19.4. The number of alkyl halides is 3. The lowest BCUT2D eigenvalue weighted by molar-refractivity contribution is -0.137. The van der Waals surface area contributed by atoms with Crippen LogP contribution < -0.4 is 15.8 Å². The number of nitrogens with one attached hydrogen (secondary N) is 2. The fourth-order valence-electron chi connectivity index (χ4n) is 5.37. The molecule has 2 aliphatic rings. The Labute approximate surface area is 236 Å². The van der Waals surface area contributed by atoms with Gasteiger partial charge >= 0.3 is 6.18 Å². The number of carbonyl (C=O) groups excluding carboxylic acids is 2. The Morgan fingerprint density at radius 3 is 2.55 bits per heavy atom. The van der Waals surface area contributed by atoms with Crippen molar-refractivity contribution in [3.8, 4) is 6.07 Å². The standard InChI is InChI=1S/C28H25F4N5O5/c1-41-22-14-37(13-21(22)34-26(39)17-11-23(38)35-24-16(17)3-2-4-20(24)29)25-18(27(40)36-5-7-42-8-6-36)9-15(12-33)10-19(25)28(30,31)32/h2-4,9-11,21-22H,5-8,13-14H2,1H3,(H,34,39)(H,35,38)/t21-,22-/m0/s1. The smallest absolute Gasteiger partial charge is 0.378 e. The van der Waals surface area contributed by atoms with Gasteiger partial charge in [0.05, 0.1) is 64.9 Å². The molecule has 2 saturated heterocycles. The van der Waals surface area contributed by atoms with Gasteiger partial charge in [-0.2, -0.15) is 18.4 Å². The van der Waals surface area contributed by atoms with Gasteiger partial charge < -0.3 is 29.6 Å². The monoisotopic (exact) mass is 587 g/mol. The number of fused-ring (bicyclic) bond motifs is 1. The zero-order valence-corrected chi connectivity index (χ0v) is 22.3. The van der Waals surface area contributed by atoms with E-state index in [0.29, 0.717) is 6.07 Å². The maximum Gasteiger partial charge on any atom is 0.418 e. The van der Waals surface area contributed by atoms with E-state index < -0.39 is 52.8 Å². The summed E-state index contributed by atoms with van der Waals surface area (Å²) >= 11 is 0. The zero-order valence-electron chi connectivity index (χ0n) is 22.3. The third kappa shape index (κ3) is 5.53. The van der Waals surface area contributed by atoms with Crippen LogP contribution in [0.4, 0.5) is 23.2 Å². The number of para-hydroxylation sites is 1. The average molecular weight is 588 g/mol. The Kier molecular flexibility index (Phi) is 7.89. The topological polar surface area (TPSA) is 128 Å². The van der Waals surface area contributed by atoms with E-state index in [1.165, 1.54) is 29.0 Å². The number of nitrogens with zero attached hydrogens (tertiary/aromatic N) is 3. The minimum atomic E-state index is -4.92. The number of hydrogen-bond donors (Lipinski definition) is 2. The van der Waals surface area contributed by atoms with E-state index in [9.17, 15) is 37.2 Å². The first-order chi connectivity index (χ1) is 20.0. The van der Waals surface area contributed by atoms with Crippen molar-refractivity contribution in [2.75, 3.05) is 51.4 Å². The minimum absolute atomic E-state index is 0.126. The van der Waals surface area contributed by atoms with Gasteiger partial charge in [0.25, 0.3) is 11.8 Å². The third-order valence-electron chi connectivity index (χ3n) is 7.35. The van der Waals surface area contributed by atoms with Crippen molar-refractivity contribution in [2.24, 2.45) is 0 Å². The van der Waals surface area contributed by atoms with Crippen LogP contribution in [0.25, 0.3) is 10.9 Å². The number of aromatic amines is 1. The van der Waals surface area contributed by atoms with E-state index in [0.717, 1.165) is 18.2 Å². The Morgan fingerprint density at radius 1 is 1.14 bits per heavy atom. The van der Waals surface area contributed by atoms with E-state index in [1.54, 1.807) is 6.07 Å². The number of morpholine rings is 1. The summed E-state index contributed by atoms with van der Waals surface area (Å²) in [4.78, 5) is 44.0. The second kappa shape index (κ2) is 11.4. The number of halogens is 4. The first kappa shape index (κ1) is 29.0. The number of hydrogen-bond acceptors (Lipinski definition) is 7. The summed E-state index contributed by atoms with van der Waals surface area (Å²) in [5.41, 5.74) is -3.24. The lowest BCUT2D eigenvalue weighted by atomic mass is 10.00. The number of carbonyl (C=O) groups is 2. The highest BCUT2D eigenvalue weighted by Gasteiger charge is 2.43. The Bertz CT molecular complexity index is 1640. The van der Waals surface area contributed by atoms with Crippen molar-refractivity contribution >= 4 is 28.4 Å². The number of ether oxygens (including phenoxy) is 2. The molecule has 14 heteroatoms. The van der Waals surface area contributed by atoms with Crippen LogP contribution in [0.2, 0.25) is 0 Å². The van der Waals surface area contributed by atoms with Crippen LogP contribution in [0.5, 0.6) is 0 Å². The number of nitriles is 1. The van der Waals surface area contributed by atoms with Crippen LogP contribution in [0, 0.1) is 17.1 Å². The number of aromatic nitrogens is 1. The van der Waals surface area contributed by atoms with Gasteiger partial charge in [-0.25, -0.2) is 4.39 Å². The molecule has 0 radical (unpaired) electrons. The molecule has 0 unspecified atom stereocenters. The number of pyridine rings is 1. The SMILES string of the molecule is CO[C@H]1CN(c2c(C(=O)N3CCOCC3)cc(C#N)cc2C(F)(F)F)C[C@@H]1NC(=O)c1cc(=O)[nH]c2c(F)cccc12. The first-order valence-corrected chi connectivity index (χ1v) is 12.9. The molecule has 2 amide bonds. The van der Waals surface area contributed by atoms with Crippen molar-refractivity contribution in [1.29, 1.82) is 5.26 Å². The molecule has 3 heterocycles. The maximum atomic E-state index is 14.4. The molecule has 3 aromatic rings.